The number of aromatic nitrogens is 2. The number of benzene rings is 1. The van der Waals surface area contributed by atoms with E-state index in [1.165, 1.54) is 19.4 Å². The van der Waals surface area contributed by atoms with Gasteiger partial charge in [0.05, 0.1) is 12.7 Å². The first-order chi connectivity index (χ1) is 12.0. The van der Waals surface area contributed by atoms with Crippen LogP contribution in [0.2, 0.25) is 0 Å². The number of methoxy groups -OCH3 is 1. The summed E-state index contributed by atoms with van der Waals surface area (Å²) in [6.07, 6.45) is 2.52. The molecule has 0 bridgehead atoms. The van der Waals surface area contributed by atoms with Gasteiger partial charge in [-0.3, -0.25) is 4.79 Å². The van der Waals surface area contributed by atoms with Crippen LogP contribution in [0, 0.1) is 5.92 Å². The summed E-state index contributed by atoms with van der Waals surface area (Å²) in [7, 11) is 1.31. The minimum atomic E-state index is -0.463. The number of anilines is 2. The molecule has 2 N–H and O–H groups in total. The number of nitrogens with one attached hydrogen (secondary N) is 2. The van der Waals surface area contributed by atoms with E-state index in [4.69, 9.17) is 0 Å². The molecule has 0 radical (unpaired) electrons. The van der Waals surface area contributed by atoms with Crippen LogP contribution >= 0.6 is 0 Å². The molecule has 0 aliphatic rings. The molecule has 1 amide bonds. The van der Waals surface area contributed by atoms with Gasteiger partial charge in [0, 0.05) is 18.4 Å². The number of ether oxygens (including phenoxy) is 1. The maximum Gasteiger partial charge on any atom is 0.337 e. The van der Waals surface area contributed by atoms with Crippen molar-refractivity contribution in [2.24, 2.45) is 5.92 Å². The molecule has 0 spiro atoms. The van der Waals surface area contributed by atoms with Crippen molar-refractivity contribution >= 4 is 23.5 Å². The highest BCUT2D eigenvalue weighted by molar-refractivity contribution is 6.03. The van der Waals surface area contributed by atoms with Gasteiger partial charge in [0.1, 0.15) is 5.69 Å². The zero-order valence-electron chi connectivity index (χ0n) is 14.6. The highest BCUT2D eigenvalue weighted by Gasteiger charge is 2.11. The first-order valence-corrected chi connectivity index (χ1v) is 8.06. The lowest BCUT2D eigenvalue weighted by Gasteiger charge is -2.09. The van der Waals surface area contributed by atoms with Crippen molar-refractivity contribution in [3.05, 3.63) is 47.8 Å². The van der Waals surface area contributed by atoms with E-state index < -0.39 is 5.97 Å². The second kappa shape index (κ2) is 8.77. The molecule has 2 rings (SSSR count). The van der Waals surface area contributed by atoms with Crippen LogP contribution in [0.4, 0.5) is 11.6 Å². The molecule has 0 atom stereocenters. The van der Waals surface area contributed by atoms with Crippen LogP contribution in [-0.4, -0.2) is 35.5 Å². The van der Waals surface area contributed by atoms with Crippen LogP contribution in [0.15, 0.2) is 36.5 Å². The van der Waals surface area contributed by atoms with Crippen molar-refractivity contribution in [2.75, 3.05) is 24.3 Å². The predicted molar refractivity (Wildman–Crippen MR) is 95.7 cm³/mol. The van der Waals surface area contributed by atoms with E-state index in [1.54, 1.807) is 24.3 Å². The summed E-state index contributed by atoms with van der Waals surface area (Å²) < 4.78 is 4.67. The number of amides is 1. The van der Waals surface area contributed by atoms with Crippen LogP contribution in [0.25, 0.3) is 0 Å². The highest BCUT2D eigenvalue weighted by atomic mass is 16.5. The average molecular weight is 342 g/mol. The Balaban J connectivity index is 2.04. The van der Waals surface area contributed by atoms with Crippen LogP contribution in [0.1, 0.15) is 41.1 Å². The van der Waals surface area contributed by atoms with Crippen molar-refractivity contribution < 1.29 is 14.3 Å². The van der Waals surface area contributed by atoms with Crippen molar-refractivity contribution in [1.29, 1.82) is 0 Å². The number of nitrogens with zero attached hydrogens (tertiary/aromatic N) is 2. The van der Waals surface area contributed by atoms with Gasteiger partial charge in [-0.1, -0.05) is 19.9 Å². The molecular weight excluding hydrogens is 320 g/mol. The van der Waals surface area contributed by atoms with Crippen molar-refractivity contribution in [1.82, 2.24) is 9.97 Å². The molecule has 25 heavy (non-hydrogen) atoms. The zero-order valence-corrected chi connectivity index (χ0v) is 14.6. The topological polar surface area (TPSA) is 93.2 Å². The third-order valence-electron chi connectivity index (χ3n) is 3.43. The van der Waals surface area contributed by atoms with Gasteiger partial charge in [-0.15, -0.1) is 0 Å². The summed E-state index contributed by atoms with van der Waals surface area (Å²) in [6, 6.07) is 8.05. The number of hydrogen-bond donors (Lipinski definition) is 2. The van der Waals surface area contributed by atoms with Gasteiger partial charge in [0.15, 0.2) is 0 Å². The summed E-state index contributed by atoms with van der Waals surface area (Å²) >= 11 is 0. The molecule has 0 aliphatic heterocycles. The van der Waals surface area contributed by atoms with Gasteiger partial charge in [-0.2, -0.15) is 0 Å². The summed E-state index contributed by atoms with van der Waals surface area (Å²) in [4.78, 5) is 32.2. The summed E-state index contributed by atoms with van der Waals surface area (Å²) in [6.45, 7) is 5.01. The van der Waals surface area contributed by atoms with Crippen LogP contribution in [0.3, 0.4) is 0 Å². The van der Waals surface area contributed by atoms with E-state index in [0.29, 0.717) is 23.1 Å². The molecular formula is C18H22N4O3. The second-order valence-corrected chi connectivity index (χ2v) is 5.90. The molecule has 1 aromatic heterocycles. The van der Waals surface area contributed by atoms with Gasteiger partial charge in [0.2, 0.25) is 5.95 Å². The summed E-state index contributed by atoms with van der Waals surface area (Å²) in [5, 5.41) is 5.82. The number of carbonyl (C=O) groups is 2. The Hall–Kier alpha value is -2.96. The van der Waals surface area contributed by atoms with Crippen molar-refractivity contribution in [3.8, 4) is 0 Å². The van der Waals surface area contributed by atoms with Crippen molar-refractivity contribution in [2.45, 2.75) is 20.3 Å². The lowest BCUT2D eigenvalue weighted by Crippen LogP contribution is -2.16. The molecule has 7 heteroatoms. The van der Waals surface area contributed by atoms with E-state index in [2.05, 4.69) is 39.2 Å². The molecule has 2 aromatic rings. The fraction of sp³-hybridized carbons (Fsp3) is 0.333. The molecule has 0 unspecified atom stereocenters. The molecule has 1 aromatic carbocycles. The van der Waals surface area contributed by atoms with Gasteiger partial charge in [-0.25, -0.2) is 14.8 Å². The lowest BCUT2D eigenvalue weighted by molar-refractivity contribution is 0.0600. The number of rotatable bonds is 7. The molecule has 132 valence electrons. The Morgan fingerprint density at radius 3 is 2.76 bits per heavy atom. The average Bonchev–Trinajstić information content (AvgIpc) is 2.61. The third kappa shape index (κ3) is 5.56. The molecule has 0 fully saturated rings. The van der Waals surface area contributed by atoms with E-state index in [0.717, 1.165) is 13.0 Å². The predicted octanol–water partition coefficient (Wildman–Crippen LogP) is 2.97. The molecule has 7 nitrogen and oxygen atoms in total. The van der Waals surface area contributed by atoms with Gasteiger partial charge < -0.3 is 15.4 Å². The Morgan fingerprint density at radius 2 is 2.04 bits per heavy atom. The van der Waals surface area contributed by atoms with E-state index in [-0.39, 0.29) is 11.6 Å². The quantitative estimate of drug-likeness (QED) is 0.752. The second-order valence-electron chi connectivity index (χ2n) is 5.90. The minimum absolute atomic E-state index is 0.241. The fourth-order valence-electron chi connectivity index (χ4n) is 2.08. The minimum Gasteiger partial charge on any atom is -0.465 e. The molecule has 0 saturated carbocycles. The van der Waals surface area contributed by atoms with Crippen molar-refractivity contribution in [3.63, 3.8) is 0 Å². The Morgan fingerprint density at radius 1 is 1.24 bits per heavy atom. The van der Waals surface area contributed by atoms with Crippen LogP contribution in [-0.2, 0) is 4.74 Å². The van der Waals surface area contributed by atoms with Crippen LogP contribution in [0.5, 0.6) is 0 Å². The third-order valence-corrected chi connectivity index (χ3v) is 3.43. The first-order valence-electron chi connectivity index (χ1n) is 8.06. The van der Waals surface area contributed by atoms with E-state index in [1.807, 2.05) is 0 Å². The largest absolute Gasteiger partial charge is 0.465 e. The van der Waals surface area contributed by atoms with Gasteiger partial charge >= 0.3 is 5.97 Å². The smallest absolute Gasteiger partial charge is 0.337 e. The highest BCUT2D eigenvalue weighted by Crippen LogP contribution is 2.13. The summed E-state index contributed by atoms with van der Waals surface area (Å²) in [5.74, 6) is 0.142. The molecule has 0 aliphatic carbocycles. The fourth-order valence-corrected chi connectivity index (χ4v) is 2.08. The maximum absolute atomic E-state index is 12.4. The normalized spacial score (nSPS) is 10.4. The summed E-state index contributed by atoms with van der Waals surface area (Å²) in [5.41, 5.74) is 1.09. The van der Waals surface area contributed by atoms with Gasteiger partial charge in [0.25, 0.3) is 5.91 Å². The van der Waals surface area contributed by atoms with E-state index in [9.17, 15) is 9.59 Å². The lowest BCUT2D eigenvalue weighted by atomic mass is 10.1. The van der Waals surface area contributed by atoms with E-state index >= 15 is 0 Å². The number of hydrogen-bond acceptors (Lipinski definition) is 6. The maximum atomic E-state index is 12.4. The molecule has 1 heterocycles. The Kier molecular flexibility index (Phi) is 6.45. The first kappa shape index (κ1) is 18.4. The standard InChI is InChI=1S/C18H22N4O3/c1-12(2)7-9-19-18-20-10-8-15(22-18)16(23)21-14-6-4-5-13(11-14)17(24)25-3/h4-6,8,10-12H,7,9H2,1-3H3,(H,21,23)(H,19,20,22). The SMILES string of the molecule is COC(=O)c1cccc(NC(=O)c2ccnc(NCCC(C)C)n2)c1. The van der Waals surface area contributed by atoms with Crippen LogP contribution < -0.4 is 10.6 Å². The zero-order chi connectivity index (χ0) is 18.2. The Labute approximate surface area is 146 Å². The Bertz CT molecular complexity index is 747. The monoisotopic (exact) mass is 342 g/mol. The number of carbonyl (C=O) groups excluding carboxylic acids is 2. The molecule has 0 saturated heterocycles. The van der Waals surface area contributed by atoms with Gasteiger partial charge in [-0.05, 0) is 36.6 Å². The number of esters is 1.